The van der Waals surface area contributed by atoms with Crippen molar-refractivity contribution >= 4 is 36.4 Å². The number of ether oxygens (including phenoxy) is 2. The molecule has 6 amide bonds. The van der Waals surface area contributed by atoms with E-state index in [0.29, 0.717) is 89.4 Å². The number of morpholine rings is 2. The summed E-state index contributed by atoms with van der Waals surface area (Å²) in [5.41, 5.74) is 0.916. The zero-order valence-corrected chi connectivity index (χ0v) is 42.9. The maximum Gasteiger partial charge on any atom is 0.243 e. The second-order valence-electron chi connectivity index (χ2n) is 20.8. The third-order valence-corrected chi connectivity index (χ3v) is 13.3. The molecule has 2 fully saturated rings. The maximum absolute atomic E-state index is 14.4. The van der Waals surface area contributed by atoms with Crippen LogP contribution < -0.4 is 21.3 Å². The van der Waals surface area contributed by atoms with Crippen LogP contribution >= 0.6 is 0 Å². The molecule has 5 N–H and O–H groups in total. The van der Waals surface area contributed by atoms with E-state index >= 15 is 0 Å². The van der Waals surface area contributed by atoms with Crippen LogP contribution in [0, 0.1) is 22.7 Å². The maximum atomic E-state index is 14.4. The molecule has 0 bridgehead atoms. The number of hydrogen-bond donors (Lipinski definition) is 5. The van der Waals surface area contributed by atoms with Crippen molar-refractivity contribution in [2.24, 2.45) is 22.7 Å². The van der Waals surface area contributed by atoms with E-state index < -0.39 is 59.0 Å². The highest BCUT2D eigenvalue weighted by atomic mass is 16.8. The lowest BCUT2D eigenvalue weighted by molar-refractivity contribution is -0.293. The molecule has 0 aromatic heterocycles. The fourth-order valence-electron chi connectivity index (χ4n) is 8.82. The first-order valence-corrected chi connectivity index (χ1v) is 25.0. The zero-order valence-electron chi connectivity index (χ0n) is 42.9. The molecule has 70 heavy (non-hydrogen) atoms. The van der Waals surface area contributed by atoms with E-state index in [2.05, 4.69) is 26.2 Å². The largest absolute Gasteiger partial charge is 0.379 e. The van der Waals surface area contributed by atoms with E-state index in [1.165, 1.54) is 0 Å². The number of hydroxylamine groups is 4. The van der Waals surface area contributed by atoms with Gasteiger partial charge in [-0.1, -0.05) is 102 Å². The minimum atomic E-state index is -0.929. The lowest BCUT2D eigenvalue weighted by Gasteiger charge is -2.38. The molecule has 0 radical (unpaired) electrons. The summed E-state index contributed by atoms with van der Waals surface area (Å²) in [7, 11) is 0. The van der Waals surface area contributed by atoms with Crippen LogP contribution in [0.2, 0.25) is 0 Å². The molecule has 0 spiro atoms. The third kappa shape index (κ3) is 19.0. The van der Waals surface area contributed by atoms with Gasteiger partial charge in [-0.3, -0.25) is 43.8 Å². The van der Waals surface area contributed by atoms with Crippen molar-refractivity contribution in [1.29, 1.82) is 0 Å². The molecule has 2 aromatic rings. The lowest BCUT2D eigenvalue weighted by atomic mass is 9.84. The molecule has 390 valence electrons. The van der Waals surface area contributed by atoms with Crippen LogP contribution in [-0.4, -0.2) is 164 Å². The first-order chi connectivity index (χ1) is 33.3. The van der Waals surface area contributed by atoms with Crippen LogP contribution in [0.3, 0.4) is 0 Å². The summed E-state index contributed by atoms with van der Waals surface area (Å²) in [5, 5.41) is 23.9. The number of carbonyl (C=O) groups is 6. The molecule has 7 atom stereocenters. The van der Waals surface area contributed by atoms with Crippen molar-refractivity contribution in [3.63, 3.8) is 0 Å². The van der Waals surface area contributed by atoms with Crippen molar-refractivity contribution in [3.8, 4) is 0 Å². The van der Waals surface area contributed by atoms with E-state index in [9.17, 15) is 34.0 Å². The summed E-state index contributed by atoms with van der Waals surface area (Å²) < 4.78 is 11.4. The van der Waals surface area contributed by atoms with E-state index in [-0.39, 0.29) is 43.8 Å². The van der Waals surface area contributed by atoms with Gasteiger partial charge in [-0.25, -0.2) is 15.0 Å². The number of benzene rings is 2. The van der Waals surface area contributed by atoms with Gasteiger partial charge >= 0.3 is 0 Å². The Morgan fingerprint density at radius 2 is 1.14 bits per heavy atom. The highest BCUT2D eigenvalue weighted by Crippen LogP contribution is 2.26. The molecule has 18 nitrogen and oxygen atoms in total. The Hall–Kier alpha value is -4.98. The second kappa shape index (κ2) is 28.8. The summed E-state index contributed by atoms with van der Waals surface area (Å²) in [5.74, 6) is -2.99. The molecule has 0 aliphatic carbocycles. The first-order valence-electron chi connectivity index (χ1n) is 25.0. The van der Waals surface area contributed by atoms with Gasteiger partial charge in [0.2, 0.25) is 36.4 Å². The topological polar surface area (TPSA) is 211 Å². The fraction of sp³-hybridized carbons (Fsp3) is 0.654. The summed E-state index contributed by atoms with van der Waals surface area (Å²) >= 11 is 0. The number of nitrogens with zero attached hydrogens (tertiary/aromatic N) is 4. The second-order valence-corrected chi connectivity index (χ2v) is 20.8. The van der Waals surface area contributed by atoms with Gasteiger partial charge in [0.05, 0.1) is 50.3 Å². The van der Waals surface area contributed by atoms with Crippen molar-refractivity contribution < 1.29 is 48.3 Å². The van der Waals surface area contributed by atoms with Crippen molar-refractivity contribution in [3.05, 3.63) is 71.8 Å². The Bertz CT molecular complexity index is 1910. The van der Waals surface area contributed by atoms with Gasteiger partial charge in [0.1, 0.15) is 12.1 Å². The SMILES string of the molecule is CC(C(CCCc1ccccc1)C(=O)NC(C(=O)NCCN1CCOC(ON(C=O)C(C)C(CCCc2ccccc2)C(=O)NC(C(=O)NCCN2CCOCC2)C(C)(C)C)C1)C(C)(C)C)N(O)C=O. The molecule has 2 heterocycles. The Kier molecular flexibility index (Phi) is 23.7. The Labute approximate surface area is 415 Å². The van der Waals surface area contributed by atoms with Crippen LogP contribution in [0.1, 0.15) is 92.2 Å². The van der Waals surface area contributed by atoms with E-state index in [1.807, 2.05) is 107 Å². The summed E-state index contributed by atoms with van der Waals surface area (Å²) in [6.45, 7) is 20.3. The van der Waals surface area contributed by atoms with E-state index in [1.54, 1.807) is 13.8 Å². The average molecular weight is 979 g/mol. The number of nitrogens with one attached hydrogen (secondary N) is 4. The fourth-order valence-corrected chi connectivity index (χ4v) is 8.82. The highest BCUT2D eigenvalue weighted by Gasteiger charge is 2.39. The number of amides is 6. The van der Waals surface area contributed by atoms with Gasteiger partial charge in [0.15, 0.2) is 6.29 Å². The van der Waals surface area contributed by atoms with Crippen molar-refractivity contribution in [1.82, 2.24) is 41.2 Å². The molecule has 0 saturated carbocycles. The van der Waals surface area contributed by atoms with Crippen LogP contribution in [0.25, 0.3) is 0 Å². The molecule has 18 heteroatoms. The summed E-state index contributed by atoms with van der Waals surface area (Å²) in [6, 6.07) is 16.4. The lowest BCUT2D eigenvalue weighted by Crippen LogP contribution is -2.58. The molecule has 2 saturated heterocycles. The van der Waals surface area contributed by atoms with Crippen LogP contribution in [0.4, 0.5) is 0 Å². The smallest absolute Gasteiger partial charge is 0.243 e. The highest BCUT2D eigenvalue weighted by molar-refractivity contribution is 5.90. The Morgan fingerprint density at radius 3 is 1.60 bits per heavy atom. The first kappa shape index (κ1) is 57.6. The quantitative estimate of drug-likeness (QED) is 0.0471. The standard InChI is InChI=1S/C52H82N8O10/c1-38(59(67)36-61)42(23-15-21-40-17-11-9-12-18-40)47(63)55-45(51(3,4)5)50(66)54-26-28-58-31-34-69-44(35-58)70-60(37-62)39(2)43(24-16-22-41-19-13-10-14-20-41)48(64)56-46(52(6,7)8)49(65)53-25-27-57-29-32-68-33-30-57/h9-14,17-20,36-39,42-46,67H,15-16,21-35H2,1-8H3,(H,53,65)(H,54,66)(H,55,63)(H,56,64). The number of rotatable bonds is 28. The molecule has 7 unspecified atom stereocenters. The molecule has 2 aliphatic rings. The monoisotopic (exact) mass is 979 g/mol. The van der Waals surface area contributed by atoms with Gasteiger partial charge in [-0.2, -0.15) is 0 Å². The average Bonchev–Trinajstić information content (AvgIpc) is 3.33. The minimum Gasteiger partial charge on any atom is -0.379 e. The van der Waals surface area contributed by atoms with Crippen molar-refractivity contribution in [2.75, 3.05) is 72.2 Å². The number of aryl methyl sites for hydroxylation is 2. The zero-order chi connectivity index (χ0) is 51.3. The molecular formula is C52H82N8O10. The molecule has 2 aliphatic heterocycles. The summed E-state index contributed by atoms with van der Waals surface area (Å²) in [4.78, 5) is 90.4. The minimum absolute atomic E-state index is 0.230. The van der Waals surface area contributed by atoms with Crippen LogP contribution in [0.15, 0.2) is 60.7 Å². The van der Waals surface area contributed by atoms with Gasteiger partial charge < -0.3 is 30.7 Å². The van der Waals surface area contributed by atoms with Crippen molar-refractivity contribution in [2.45, 2.75) is 124 Å². The van der Waals surface area contributed by atoms with Gasteiger partial charge in [0, 0.05) is 45.8 Å². The van der Waals surface area contributed by atoms with Gasteiger partial charge in [0.25, 0.3) is 0 Å². The molecule has 2 aromatic carbocycles. The Balaban J connectivity index is 1.37. The van der Waals surface area contributed by atoms with Gasteiger partial charge in [-0.15, -0.1) is 0 Å². The predicted octanol–water partition coefficient (Wildman–Crippen LogP) is 3.56. The van der Waals surface area contributed by atoms with Crippen LogP contribution in [-0.2, 0) is 55.9 Å². The van der Waals surface area contributed by atoms with Gasteiger partial charge in [-0.05, 0) is 74.3 Å². The predicted molar refractivity (Wildman–Crippen MR) is 266 cm³/mol. The van der Waals surface area contributed by atoms with E-state index in [0.717, 1.165) is 29.3 Å². The number of hydrogen-bond acceptors (Lipinski definition) is 12. The van der Waals surface area contributed by atoms with Crippen LogP contribution in [0.5, 0.6) is 0 Å². The molecular weight excluding hydrogens is 897 g/mol. The molecule has 4 rings (SSSR count). The summed E-state index contributed by atoms with van der Waals surface area (Å²) in [6.07, 6.45) is 3.42. The normalized spacial score (nSPS) is 18.5. The van der Waals surface area contributed by atoms with E-state index in [4.69, 9.17) is 14.3 Å². The third-order valence-electron chi connectivity index (χ3n) is 13.3. The number of carbonyl (C=O) groups excluding carboxylic acids is 6. The Morgan fingerprint density at radius 1 is 0.686 bits per heavy atom.